The van der Waals surface area contributed by atoms with Crippen molar-refractivity contribution < 1.29 is 4.79 Å². The first kappa shape index (κ1) is 17.9. The fourth-order valence-electron chi connectivity index (χ4n) is 2.49. The number of anilines is 2. The predicted octanol–water partition coefficient (Wildman–Crippen LogP) is 4.45. The molecule has 0 atom stereocenters. The first-order valence-electron chi connectivity index (χ1n) is 8.17. The summed E-state index contributed by atoms with van der Waals surface area (Å²) in [5.41, 5.74) is 3.19. The molecular weight excluding hydrogens is 348 g/mol. The van der Waals surface area contributed by atoms with E-state index in [-0.39, 0.29) is 5.91 Å². The van der Waals surface area contributed by atoms with Crippen LogP contribution in [0.5, 0.6) is 0 Å². The molecule has 0 aliphatic heterocycles. The maximum absolute atomic E-state index is 12.6. The van der Waals surface area contributed by atoms with Gasteiger partial charge in [-0.3, -0.25) is 4.79 Å². The number of nitrogens with zero attached hydrogens (tertiary/aromatic N) is 3. The lowest BCUT2D eigenvalue weighted by Crippen LogP contribution is -2.27. The Hall–Kier alpha value is -2.92. The fourth-order valence-corrected chi connectivity index (χ4v) is 2.67. The molecule has 26 heavy (non-hydrogen) atoms. The van der Waals surface area contributed by atoms with E-state index in [1.165, 1.54) is 6.33 Å². The van der Waals surface area contributed by atoms with Crippen LogP contribution in [0.25, 0.3) is 0 Å². The average Bonchev–Trinajstić information content (AvgIpc) is 2.65. The van der Waals surface area contributed by atoms with Gasteiger partial charge in [-0.2, -0.15) is 0 Å². The molecule has 132 valence electrons. The van der Waals surface area contributed by atoms with Crippen LogP contribution in [0.2, 0.25) is 5.02 Å². The van der Waals surface area contributed by atoms with Gasteiger partial charge >= 0.3 is 0 Å². The molecule has 5 nitrogen and oxygen atoms in total. The van der Waals surface area contributed by atoms with Crippen LogP contribution in [0.4, 0.5) is 11.5 Å². The van der Waals surface area contributed by atoms with Gasteiger partial charge in [-0.05, 0) is 30.2 Å². The highest BCUT2D eigenvalue weighted by atomic mass is 35.5. The van der Waals surface area contributed by atoms with Gasteiger partial charge in [0.25, 0.3) is 5.91 Å². The molecule has 6 heteroatoms. The van der Waals surface area contributed by atoms with Gasteiger partial charge in [-0.25, -0.2) is 9.97 Å². The molecule has 0 bridgehead atoms. The van der Waals surface area contributed by atoms with Crippen molar-refractivity contribution in [2.24, 2.45) is 0 Å². The lowest BCUT2D eigenvalue weighted by Gasteiger charge is -2.17. The Labute approximate surface area is 157 Å². The van der Waals surface area contributed by atoms with Crippen LogP contribution >= 0.6 is 11.6 Å². The highest BCUT2D eigenvalue weighted by Gasteiger charge is 2.14. The van der Waals surface area contributed by atoms with E-state index in [1.807, 2.05) is 55.5 Å². The van der Waals surface area contributed by atoms with Gasteiger partial charge in [0.1, 0.15) is 17.8 Å². The van der Waals surface area contributed by atoms with Crippen LogP contribution in [0.15, 0.2) is 60.9 Å². The van der Waals surface area contributed by atoms with Crippen LogP contribution in [0, 0.1) is 6.92 Å². The molecule has 0 unspecified atom stereocenters. The SMILES string of the molecule is Cc1ccc(Nc2cc(C(=O)N(C)Cc3ccccc3)ncn2)cc1Cl. The zero-order chi connectivity index (χ0) is 18.5. The number of aryl methyl sites for hydroxylation is 1. The number of hydrogen-bond acceptors (Lipinski definition) is 4. The standard InChI is InChI=1S/C20H19ClN4O/c1-14-8-9-16(10-17(14)21)24-19-11-18(22-13-23-19)20(26)25(2)12-15-6-4-3-5-7-15/h3-11,13H,12H2,1-2H3,(H,22,23,24). The molecule has 1 amide bonds. The maximum atomic E-state index is 12.6. The summed E-state index contributed by atoms with van der Waals surface area (Å²) in [4.78, 5) is 22.6. The third-order valence-electron chi connectivity index (χ3n) is 3.94. The predicted molar refractivity (Wildman–Crippen MR) is 104 cm³/mol. The van der Waals surface area contributed by atoms with Crippen molar-refractivity contribution in [3.05, 3.63) is 82.8 Å². The van der Waals surface area contributed by atoms with Crippen molar-refractivity contribution in [3.8, 4) is 0 Å². The van der Waals surface area contributed by atoms with Gasteiger partial charge in [-0.1, -0.05) is 48.0 Å². The molecule has 0 spiro atoms. The van der Waals surface area contributed by atoms with Crippen molar-refractivity contribution in [3.63, 3.8) is 0 Å². The molecule has 0 saturated heterocycles. The number of benzene rings is 2. The minimum absolute atomic E-state index is 0.166. The molecule has 1 heterocycles. The summed E-state index contributed by atoms with van der Waals surface area (Å²) in [6, 6.07) is 17.1. The molecule has 1 N–H and O–H groups in total. The molecule has 1 aromatic heterocycles. The van der Waals surface area contributed by atoms with Crippen molar-refractivity contribution in [2.75, 3.05) is 12.4 Å². The first-order chi connectivity index (χ1) is 12.5. The van der Waals surface area contributed by atoms with Gasteiger partial charge in [0.2, 0.25) is 0 Å². The highest BCUT2D eigenvalue weighted by molar-refractivity contribution is 6.31. The lowest BCUT2D eigenvalue weighted by molar-refractivity contribution is 0.0779. The second kappa shape index (κ2) is 7.97. The Bertz CT molecular complexity index is 915. The Morgan fingerprint density at radius 2 is 1.88 bits per heavy atom. The van der Waals surface area contributed by atoms with E-state index < -0.39 is 0 Å². The van der Waals surface area contributed by atoms with Crippen molar-refractivity contribution in [2.45, 2.75) is 13.5 Å². The van der Waals surface area contributed by atoms with Gasteiger partial charge in [-0.15, -0.1) is 0 Å². The number of amides is 1. The number of carbonyl (C=O) groups is 1. The molecule has 0 fully saturated rings. The van der Waals surface area contributed by atoms with E-state index in [9.17, 15) is 4.79 Å². The van der Waals surface area contributed by atoms with Crippen LogP contribution in [0.1, 0.15) is 21.6 Å². The number of hydrogen-bond donors (Lipinski definition) is 1. The Kier molecular flexibility index (Phi) is 5.49. The zero-order valence-electron chi connectivity index (χ0n) is 14.6. The average molecular weight is 367 g/mol. The zero-order valence-corrected chi connectivity index (χ0v) is 15.4. The number of nitrogens with one attached hydrogen (secondary N) is 1. The van der Waals surface area contributed by atoms with Gasteiger partial charge in [0.05, 0.1) is 0 Å². The number of rotatable bonds is 5. The summed E-state index contributed by atoms with van der Waals surface area (Å²) in [6.45, 7) is 2.45. The first-order valence-corrected chi connectivity index (χ1v) is 8.55. The lowest BCUT2D eigenvalue weighted by atomic mass is 10.2. The third kappa shape index (κ3) is 4.37. The van der Waals surface area contributed by atoms with Crippen molar-refractivity contribution >= 4 is 29.0 Å². The quantitative estimate of drug-likeness (QED) is 0.724. The van der Waals surface area contributed by atoms with E-state index in [0.29, 0.717) is 23.1 Å². The van der Waals surface area contributed by atoms with Gasteiger partial charge in [0, 0.05) is 30.4 Å². The van der Waals surface area contributed by atoms with E-state index in [1.54, 1.807) is 18.0 Å². The number of halogens is 1. The molecule has 0 aliphatic carbocycles. The summed E-state index contributed by atoms with van der Waals surface area (Å²) in [5, 5.41) is 3.82. The van der Waals surface area contributed by atoms with Crippen LogP contribution < -0.4 is 5.32 Å². The highest BCUT2D eigenvalue weighted by Crippen LogP contribution is 2.22. The van der Waals surface area contributed by atoms with Crippen molar-refractivity contribution in [1.29, 1.82) is 0 Å². The molecular formula is C20H19ClN4O. The second-order valence-electron chi connectivity index (χ2n) is 6.02. The molecule has 0 radical (unpaired) electrons. The van der Waals surface area contributed by atoms with E-state index in [2.05, 4.69) is 15.3 Å². The summed E-state index contributed by atoms with van der Waals surface area (Å²) in [5.74, 6) is 0.373. The molecule has 3 aromatic rings. The summed E-state index contributed by atoms with van der Waals surface area (Å²) in [6.07, 6.45) is 1.38. The maximum Gasteiger partial charge on any atom is 0.272 e. The Balaban J connectivity index is 1.73. The smallest absolute Gasteiger partial charge is 0.272 e. The summed E-state index contributed by atoms with van der Waals surface area (Å²) < 4.78 is 0. The van der Waals surface area contributed by atoms with E-state index in [0.717, 1.165) is 16.8 Å². The van der Waals surface area contributed by atoms with Gasteiger partial charge < -0.3 is 10.2 Å². The number of aromatic nitrogens is 2. The normalized spacial score (nSPS) is 10.4. The van der Waals surface area contributed by atoms with Gasteiger partial charge in [0.15, 0.2) is 0 Å². The third-order valence-corrected chi connectivity index (χ3v) is 4.35. The molecule has 3 rings (SSSR count). The van der Waals surface area contributed by atoms with Crippen LogP contribution in [0.3, 0.4) is 0 Å². The van der Waals surface area contributed by atoms with Crippen molar-refractivity contribution in [1.82, 2.24) is 14.9 Å². The summed E-state index contributed by atoms with van der Waals surface area (Å²) in [7, 11) is 1.75. The Morgan fingerprint density at radius 1 is 1.12 bits per heavy atom. The second-order valence-corrected chi connectivity index (χ2v) is 6.43. The largest absolute Gasteiger partial charge is 0.340 e. The van der Waals surface area contributed by atoms with E-state index in [4.69, 9.17) is 11.6 Å². The van der Waals surface area contributed by atoms with Crippen LogP contribution in [-0.2, 0) is 6.54 Å². The molecule has 0 aliphatic rings. The topological polar surface area (TPSA) is 58.1 Å². The number of carbonyl (C=O) groups excluding carboxylic acids is 1. The van der Waals surface area contributed by atoms with Crippen LogP contribution in [-0.4, -0.2) is 27.8 Å². The minimum atomic E-state index is -0.166. The molecule has 0 saturated carbocycles. The minimum Gasteiger partial charge on any atom is -0.340 e. The van der Waals surface area contributed by atoms with E-state index >= 15 is 0 Å². The Morgan fingerprint density at radius 3 is 2.62 bits per heavy atom. The summed E-state index contributed by atoms with van der Waals surface area (Å²) >= 11 is 6.15. The monoisotopic (exact) mass is 366 g/mol. The fraction of sp³-hybridized carbons (Fsp3) is 0.150. The molecule has 2 aromatic carbocycles.